The number of aromatic nitrogens is 6. The molecule has 3 aromatic heterocycles. The van der Waals surface area contributed by atoms with E-state index in [2.05, 4.69) is 48.0 Å². The maximum Gasteiger partial charge on any atom is 0.165 e. The van der Waals surface area contributed by atoms with Gasteiger partial charge in [0.1, 0.15) is 5.54 Å². The van der Waals surface area contributed by atoms with Crippen LogP contribution in [0.1, 0.15) is 70.3 Å². The topological polar surface area (TPSA) is 74.6 Å². The third-order valence-corrected chi connectivity index (χ3v) is 4.81. The van der Waals surface area contributed by atoms with Gasteiger partial charge in [-0.3, -0.25) is 0 Å². The van der Waals surface area contributed by atoms with Crippen molar-refractivity contribution in [2.24, 2.45) is 7.05 Å². The number of aryl methyl sites for hydroxylation is 1. The van der Waals surface area contributed by atoms with E-state index in [1.807, 2.05) is 43.9 Å². The Morgan fingerprint density at radius 1 is 1.12 bits per heavy atom. The van der Waals surface area contributed by atoms with E-state index in [1.54, 1.807) is 11.1 Å². The number of hydrogen-bond donors (Lipinski definition) is 0. The number of imidazole rings is 1. The van der Waals surface area contributed by atoms with Gasteiger partial charge in [-0.25, -0.2) is 4.98 Å². The Hall–Kier alpha value is -2.44. The van der Waals surface area contributed by atoms with E-state index in [4.69, 9.17) is 4.52 Å². The van der Waals surface area contributed by atoms with Crippen molar-refractivity contribution in [1.82, 2.24) is 29.7 Å². The molecule has 0 aliphatic heterocycles. The Bertz CT molecular complexity index is 868. The van der Waals surface area contributed by atoms with Crippen LogP contribution in [0.5, 0.6) is 0 Å². The maximum absolute atomic E-state index is 5.70. The first-order valence-electron chi connectivity index (χ1n) is 8.51. The van der Waals surface area contributed by atoms with Crippen molar-refractivity contribution in [3.05, 3.63) is 47.6 Å². The zero-order chi connectivity index (χ0) is 18.4. The molecule has 25 heavy (non-hydrogen) atoms. The fourth-order valence-electron chi connectivity index (χ4n) is 2.86. The SMILES string of the molecule is CC(C)c1cnn(C(C)(C)c2cc(C(C)(C)c3cncn3C)no2)n1. The monoisotopic (exact) mass is 342 g/mol. The van der Waals surface area contributed by atoms with Crippen molar-refractivity contribution in [1.29, 1.82) is 0 Å². The van der Waals surface area contributed by atoms with Crippen LogP contribution < -0.4 is 0 Å². The van der Waals surface area contributed by atoms with Gasteiger partial charge < -0.3 is 9.09 Å². The van der Waals surface area contributed by atoms with Crippen LogP contribution in [0, 0.1) is 0 Å². The highest BCUT2D eigenvalue weighted by molar-refractivity contribution is 5.29. The van der Waals surface area contributed by atoms with Crippen LogP contribution in [0.15, 0.2) is 29.3 Å². The van der Waals surface area contributed by atoms with Crippen LogP contribution in [0.25, 0.3) is 0 Å². The molecule has 7 nitrogen and oxygen atoms in total. The normalized spacial score (nSPS) is 13.0. The summed E-state index contributed by atoms with van der Waals surface area (Å²) in [4.78, 5) is 5.91. The summed E-state index contributed by atoms with van der Waals surface area (Å²) < 4.78 is 7.70. The van der Waals surface area contributed by atoms with E-state index in [0.29, 0.717) is 5.92 Å². The minimum absolute atomic E-state index is 0.316. The Balaban J connectivity index is 1.96. The molecule has 0 aliphatic carbocycles. The summed E-state index contributed by atoms with van der Waals surface area (Å²) in [5.41, 5.74) is 2.05. The Morgan fingerprint density at radius 2 is 1.84 bits per heavy atom. The second-order valence-electron chi connectivity index (χ2n) is 7.86. The zero-order valence-electron chi connectivity index (χ0n) is 16.0. The molecule has 0 aliphatic rings. The third-order valence-electron chi connectivity index (χ3n) is 4.81. The van der Waals surface area contributed by atoms with Crippen LogP contribution in [0.2, 0.25) is 0 Å². The molecule has 0 unspecified atom stereocenters. The molecule has 3 rings (SSSR count). The van der Waals surface area contributed by atoms with Gasteiger partial charge in [0, 0.05) is 25.0 Å². The average Bonchev–Trinajstić information content (AvgIpc) is 3.27. The van der Waals surface area contributed by atoms with Gasteiger partial charge in [-0.1, -0.05) is 19.0 Å². The summed E-state index contributed by atoms with van der Waals surface area (Å²) in [7, 11) is 1.98. The van der Waals surface area contributed by atoms with Crippen molar-refractivity contribution in [3.63, 3.8) is 0 Å². The van der Waals surface area contributed by atoms with E-state index in [0.717, 1.165) is 22.8 Å². The summed E-state index contributed by atoms with van der Waals surface area (Å²) in [6, 6.07) is 1.99. The van der Waals surface area contributed by atoms with Gasteiger partial charge >= 0.3 is 0 Å². The molecular weight excluding hydrogens is 316 g/mol. The van der Waals surface area contributed by atoms with Crippen molar-refractivity contribution in [2.75, 3.05) is 0 Å². The van der Waals surface area contributed by atoms with Gasteiger partial charge in [-0.2, -0.15) is 15.0 Å². The largest absolute Gasteiger partial charge is 0.358 e. The van der Waals surface area contributed by atoms with Gasteiger partial charge in [0.05, 0.1) is 29.3 Å². The van der Waals surface area contributed by atoms with Gasteiger partial charge in [-0.15, -0.1) is 0 Å². The smallest absolute Gasteiger partial charge is 0.165 e. The van der Waals surface area contributed by atoms with Crippen LogP contribution in [0.4, 0.5) is 0 Å². The third kappa shape index (κ3) is 2.88. The summed E-state index contributed by atoms with van der Waals surface area (Å²) in [5.74, 6) is 1.06. The Labute approximate surface area is 148 Å². The lowest BCUT2D eigenvalue weighted by atomic mass is 9.85. The number of hydrogen-bond acceptors (Lipinski definition) is 5. The second kappa shape index (κ2) is 5.82. The first kappa shape index (κ1) is 17.4. The minimum Gasteiger partial charge on any atom is -0.358 e. The first-order chi connectivity index (χ1) is 11.6. The van der Waals surface area contributed by atoms with E-state index < -0.39 is 5.54 Å². The molecule has 0 N–H and O–H groups in total. The fraction of sp³-hybridized carbons (Fsp3) is 0.556. The van der Waals surface area contributed by atoms with Crippen LogP contribution in [0.3, 0.4) is 0 Å². The molecule has 0 atom stereocenters. The Morgan fingerprint density at radius 3 is 2.40 bits per heavy atom. The molecule has 0 spiro atoms. The second-order valence-corrected chi connectivity index (χ2v) is 7.86. The van der Waals surface area contributed by atoms with Crippen molar-refractivity contribution < 1.29 is 4.52 Å². The van der Waals surface area contributed by atoms with E-state index in [-0.39, 0.29) is 5.41 Å². The lowest BCUT2D eigenvalue weighted by molar-refractivity contribution is 0.246. The number of nitrogens with zero attached hydrogens (tertiary/aromatic N) is 6. The quantitative estimate of drug-likeness (QED) is 0.711. The first-order valence-corrected chi connectivity index (χ1v) is 8.51. The summed E-state index contributed by atoms with van der Waals surface area (Å²) in [6.45, 7) is 12.5. The molecule has 0 amide bonds. The van der Waals surface area contributed by atoms with Gasteiger partial charge in [0.2, 0.25) is 0 Å². The van der Waals surface area contributed by atoms with Gasteiger partial charge in [0.25, 0.3) is 0 Å². The lowest BCUT2D eigenvalue weighted by Gasteiger charge is -2.22. The van der Waals surface area contributed by atoms with E-state index >= 15 is 0 Å². The standard InChI is InChI=1S/C18H26N6O/c1-12(2)13-9-20-24(21-13)18(5,6)16-8-14(22-25-16)17(3,4)15-10-19-11-23(15)7/h8-12H,1-7H3. The lowest BCUT2D eigenvalue weighted by Crippen LogP contribution is -2.30. The van der Waals surface area contributed by atoms with Crippen LogP contribution >= 0.6 is 0 Å². The molecule has 0 fully saturated rings. The zero-order valence-corrected chi connectivity index (χ0v) is 16.0. The molecule has 0 bridgehead atoms. The fourth-order valence-corrected chi connectivity index (χ4v) is 2.86. The predicted octanol–water partition coefficient (Wildman–Crippen LogP) is 3.23. The molecule has 3 heterocycles. The highest BCUT2D eigenvalue weighted by Crippen LogP contribution is 2.33. The highest BCUT2D eigenvalue weighted by Gasteiger charge is 2.35. The van der Waals surface area contributed by atoms with Crippen LogP contribution in [-0.4, -0.2) is 29.7 Å². The molecule has 7 heteroatoms. The van der Waals surface area contributed by atoms with Crippen LogP contribution in [-0.2, 0) is 18.0 Å². The average molecular weight is 342 g/mol. The minimum atomic E-state index is -0.527. The highest BCUT2D eigenvalue weighted by atomic mass is 16.5. The molecule has 3 aromatic rings. The van der Waals surface area contributed by atoms with Crippen molar-refractivity contribution in [2.45, 2.75) is 58.4 Å². The molecule has 0 aromatic carbocycles. The summed E-state index contributed by atoms with van der Waals surface area (Å²) in [5, 5.41) is 13.4. The van der Waals surface area contributed by atoms with E-state index in [9.17, 15) is 0 Å². The summed E-state index contributed by atoms with van der Waals surface area (Å²) in [6.07, 6.45) is 5.47. The number of rotatable bonds is 5. The van der Waals surface area contributed by atoms with Crippen molar-refractivity contribution >= 4 is 0 Å². The van der Waals surface area contributed by atoms with Gasteiger partial charge in [-0.05, 0) is 33.6 Å². The molecule has 0 saturated heterocycles. The van der Waals surface area contributed by atoms with E-state index in [1.165, 1.54) is 0 Å². The maximum atomic E-state index is 5.70. The van der Waals surface area contributed by atoms with Crippen molar-refractivity contribution in [3.8, 4) is 0 Å². The molecule has 0 saturated carbocycles. The van der Waals surface area contributed by atoms with Gasteiger partial charge in [0.15, 0.2) is 5.76 Å². The Kier molecular flexibility index (Phi) is 4.05. The molecule has 134 valence electrons. The molecule has 0 radical (unpaired) electrons. The molecular formula is C18H26N6O. The summed E-state index contributed by atoms with van der Waals surface area (Å²) >= 11 is 0. The predicted molar refractivity (Wildman–Crippen MR) is 94.4 cm³/mol.